The summed E-state index contributed by atoms with van der Waals surface area (Å²) in [6, 6.07) is 5.37. The van der Waals surface area contributed by atoms with Gasteiger partial charge in [0.05, 0.1) is 16.1 Å². The van der Waals surface area contributed by atoms with Gasteiger partial charge in [-0.05, 0) is 56.4 Å². The number of piperidine rings is 1. The molecule has 2 aliphatic heterocycles. The van der Waals surface area contributed by atoms with E-state index >= 15 is 0 Å². The molecule has 1 spiro atoms. The number of ether oxygens (including phenoxy) is 1. The van der Waals surface area contributed by atoms with Gasteiger partial charge in [-0.25, -0.2) is 13.2 Å². The number of carboxylic acids is 1. The van der Waals surface area contributed by atoms with Gasteiger partial charge in [-0.1, -0.05) is 0 Å². The summed E-state index contributed by atoms with van der Waals surface area (Å²) in [6.07, 6.45) is 4.68. The van der Waals surface area contributed by atoms with Crippen LogP contribution in [0.2, 0.25) is 0 Å². The second-order valence-electron chi connectivity index (χ2n) is 6.22. The van der Waals surface area contributed by atoms with Crippen molar-refractivity contribution in [2.75, 3.05) is 19.7 Å². The molecule has 3 rings (SSSR count). The fourth-order valence-electron chi connectivity index (χ4n) is 3.36. The van der Waals surface area contributed by atoms with Gasteiger partial charge in [0, 0.05) is 19.7 Å². The number of hydrogen-bond donors (Lipinski definition) is 1. The molecule has 1 aromatic carbocycles. The number of aromatic carboxylic acids is 1. The molecule has 0 saturated carbocycles. The first-order valence-corrected chi connectivity index (χ1v) is 9.35. The van der Waals surface area contributed by atoms with Crippen LogP contribution in [0.15, 0.2) is 29.2 Å². The molecule has 0 aromatic heterocycles. The number of benzene rings is 1. The third kappa shape index (κ3) is 3.27. The molecule has 0 atom stereocenters. The van der Waals surface area contributed by atoms with Crippen molar-refractivity contribution in [2.45, 2.75) is 42.6 Å². The lowest BCUT2D eigenvalue weighted by Gasteiger charge is -2.43. The van der Waals surface area contributed by atoms with E-state index in [4.69, 9.17) is 9.84 Å². The molecule has 0 aliphatic carbocycles. The first-order valence-electron chi connectivity index (χ1n) is 7.91. The number of sulfonamides is 1. The van der Waals surface area contributed by atoms with Gasteiger partial charge in [0.25, 0.3) is 0 Å². The monoisotopic (exact) mass is 339 g/mol. The van der Waals surface area contributed by atoms with Gasteiger partial charge >= 0.3 is 5.97 Å². The Morgan fingerprint density at radius 3 is 2.26 bits per heavy atom. The van der Waals surface area contributed by atoms with Crippen LogP contribution in [0.3, 0.4) is 0 Å². The molecule has 23 heavy (non-hydrogen) atoms. The Bertz CT molecular complexity index is 667. The second-order valence-corrected chi connectivity index (χ2v) is 8.16. The van der Waals surface area contributed by atoms with Crippen LogP contribution in [0.5, 0.6) is 0 Å². The first-order chi connectivity index (χ1) is 10.9. The van der Waals surface area contributed by atoms with Crippen molar-refractivity contribution in [3.05, 3.63) is 29.8 Å². The van der Waals surface area contributed by atoms with Crippen molar-refractivity contribution >= 4 is 16.0 Å². The molecule has 2 heterocycles. The summed E-state index contributed by atoms with van der Waals surface area (Å²) in [5.74, 6) is -1.07. The van der Waals surface area contributed by atoms with Crippen molar-refractivity contribution < 1.29 is 23.1 Å². The van der Waals surface area contributed by atoms with Crippen molar-refractivity contribution in [1.29, 1.82) is 0 Å². The molecule has 7 heteroatoms. The topological polar surface area (TPSA) is 83.9 Å². The molecule has 6 nitrogen and oxygen atoms in total. The Labute approximate surface area is 136 Å². The number of carbonyl (C=O) groups is 1. The zero-order chi connectivity index (χ0) is 16.5. The number of hydrogen-bond acceptors (Lipinski definition) is 4. The Morgan fingerprint density at radius 2 is 1.74 bits per heavy atom. The van der Waals surface area contributed by atoms with Crippen LogP contribution < -0.4 is 0 Å². The smallest absolute Gasteiger partial charge is 0.335 e. The standard InChI is InChI=1S/C16H21NO5S/c18-15(19)13-3-5-14(6-4-13)23(20,21)17-10-8-16(9-11-17)7-1-2-12-22-16/h3-6H,1-2,7-12H2,(H,18,19). The average molecular weight is 339 g/mol. The highest BCUT2D eigenvalue weighted by Gasteiger charge is 2.40. The quantitative estimate of drug-likeness (QED) is 0.912. The van der Waals surface area contributed by atoms with Gasteiger partial charge in [-0.2, -0.15) is 4.31 Å². The van der Waals surface area contributed by atoms with Crippen molar-refractivity contribution in [3.8, 4) is 0 Å². The molecule has 126 valence electrons. The molecule has 0 amide bonds. The Morgan fingerprint density at radius 1 is 1.09 bits per heavy atom. The summed E-state index contributed by atoms with van der Waals surface area (Å²) in [7, 11) is -3.57. The normalized spacial score (nSPS) is 22.1. The van der Waals surface area contributed by atoms with Gasteiger partial charge in [0.2, 0.25) is 10.0 Å². The van der Waals surface area contributed by atoms with E-state index in [1.807, 2.05) is 0 Å². The molecule has 0 radical (unpaired) electrons. The van der Waals surface area contributed by atoms with Crippen LogP contribution in [0.1, 0.15) is 42.5 Å². The summed E-state index contributed by atoms with van der Waals surface area (Å²) in [5, 5.41) is 8.89. The fraction of sp³-hybridized carbons (Fsp3) is 0.562. The maximum Gasteiger partial charge on any atom is 0.335 e. The number of nitrogens with zero attached hydrogens (tertiary/aromatic N) is 1. The van der Waals surface area contributed by atoms with Crippen molar-refractivity contribution in [1.82, 2.24) is 4.31 Å². The van der Waals surface area contributed by atoms with Crippen LogP contribution in [-0.2, 0) is 14.8 Å². The van der Waals surface area contributed by atoms with E-state index in [0.29, 0.717) is 13.1 Å². The van der Waals surface area contributed by atoms with Crippen LogP contribution in [-0.4, -0.2) is 49.1 Å². The lowest BCUT2D eigenvalue weighted by atomic mass is 9.85. The number of carboxylic acid groups (broad SMARTS) is 1. The summed E-state index contributed by atoms with van der Waals surface area (Å²) in [6.45, 7) is 1.66. The van der Waals surface area contributed by atoms with Gasteiger partial charge in [-0.15, -0.1) is 0 Å². The third-order valence-electron chi connectivity index (χ3n) is 4.81. The molecule has 2 aliphatic rings. The highest BCUT2D eigenvalue weighted by atomic mass is 32.2. The maximum atomic E-state index is 12.7. The maximum absolute atomic E-state index is 12.7. The minimum atomic E-state index is -3.57. The minimum Gasteiger partial charge on any atom is -0.478 e. The van der Waals surface area contributed by atoms with E-state index in [1.54, 1.807) is 0 Å². The van der Waals surface area contributed by atoms with Gasteiger partial charge < -0.3 is 9.84 Å². The summed E-state index contributed by atoms with van der Waals surface area (Å²) in [4.78, 5) is 11.0. The molecule has 0 bridgehead atoms. The largest absolute Gasteiger partial charge is 0.478 e. The molecule has 0 unspecified atom stereocenters. The van der Waals surface area contributed by atoms with Crippen LogP contribution in [0.4, 0.5) is 0 Å². The van der Waals surface area contributed by atoms with E-state index in [-0.39, 0.29) is 16.1 Å². The zero-order valence-electron chi connectivity index (χ0n) is 12.9. The van der Waals surface area contributed by atoms with E-state index in [9.17, 15) is 13.2 Å². The van der Waals surface area contributed by atoms with Gasteiger partial charge in [0.15, 0.2) is 0 Å². The Hall–Kier alpha value is -1.44. The summed E-state index contributed by atoms with van der Waals surface area (Å²) >= 11 is 0. The highest BCUT2D eigenvalue weighted by molar-refractivity contribution is 7.89. The SMILES string of the molecule is O=C(O)c1ccc(S(=O)(=O)N2CCC3(CCCCO3)CC2)cc1. The van der Waals surface area contributed by atoms with E-state index < -0.39 is 16.0 Å². The summed E-state index contributed by atoms with van der Waals surface area (Å²) < 4.78 is 32.8. The lowest BCUT2D eigenvalue weighted by Crippen LogP contribution is -2.49. The molecule has 2 saturated heterocycles. The molecule has 2 fully saturated rings. The Balaban J connectivity index is 1.72. The van der Waals surface area contributed by atoms with E-state index in [0.717, 1.165) is 38.7 Å². The summed E-state index contributed by atoms with van der Waals surface area (Å²) in [5.41, 5.74) is -0.0607. The molecule has 1 N–H and O–H groups in total. The average Bonchev–Trinajstić information content (AvgIpc) is 2.56. The lowest BCUT2D eigenvalue weighted by molar-refractivity contribution is -0.103. The fourth-order valence-corrected chi connectivity index (χ4v) is 4.80. The Kier molecular flexibility index (Phi) is 4.44. The van der Waals surface area contributed by atoms with Gasteiger partial charge in [-0.3, -0.25) is 0 Å². The highest BCUT2D eigenvalue weighted by Crippen LogP contribution is 2.36. The second kappa shape index (κ2) is 6.22. The predicted octanol–water partition coefficient (Wildman–Crippen LogP) is 2.11. The molecular weight excluding hydrogens is 318 g/mol. The van der Waals surface area contributed by atoms with E-state index in [2.05, 4.69) is 0 Å². The predicted molar refractivity (Wildman–Crippen MR) is 83.9 cm³/mol. The van der Waals surface area contributed by atoms with Crippen LogP contribution >= 0.6 is 0 Å². The molecule has 1 aromatic rings. The first kappa shape index (κ1) is 16.4. The third-order valence-corrected chi connectivity index (χ3v) is 6.72. The van der Waals surface area contributed by atoms with Crippen molar-refractivity contribution in [2.24, 2.45) is 0 Å². The zero-order valence-corrected chi connectivity index (χ0v) is 13.7. The van der Waals surface area contributed by atoms with Crippen LogP contribution in [0, 0.1) is 0 Å². The van der Waals surface area contributed by atoms with Crippen LogP contribution in [0.25, 0.3) is 0 Å². The molecular formula is C16H21NO5S. The van der Waals surface area contributed by atoms with E-state index in [1.165, 1.54) is 28.6 Å². The minimum absolute atomic E-state index is 0.0807. The van der Waals surface area contributed by atoms with Crippen molar-refractivity contribution in [3.63, 3.8) is 0 Å². The van der Waals surface area contributed by atoms with Gasteiger partial charge in [0.1, 0.15) is 0 Å². The number of rotatable bonds is 3.